The molecule has 0 fully saturated rings. The molecule has 3 rings (SSSR count). The number of ether oxygens (including phenoxy) is 2. The van der Waals surface area contributed by atoms with Crippen LogP contribution in [0.3, 0.4) is 0 Å². The van der Waals surface area contributed by atoms with Gasteiger partial charge in [0.2, 0.25) is 5.91 Å². The number of carbonyl (C=O) groups is 1. The van der Waals surface area contributed by atoms with Gasteiger partial charge >= 0.3 is 0 Å². The Morgan fingerprint density at radius 2 is 1.81 bits per heavy atom. The zero-order valence-electron chi connectivity index (χ0n) is 19.0. The molecule has 0 spiro atoms. The first-order chi connectivity index (χ1) is 15.1. The lowest BCUT2D eigenvalue weighted by molar-refractivity contribution is -0.132. The number of guanidine groups is 1. The lowest BCUT2D eigenvalue weighted by atomic mass is 9.99. The van der Waals surface area contributed by atoms with Gasteiger partial charge in [-0.2, -0.15) is 0 Å². The third-order valence-electron chi connectivity index (χ3n) is 5.47. The highest BCUT2D eigenvalue weighted by Crippen LogP contribution is 2.27. The molecule has 0 atom stereocenters. The molecule has 2 aromatic carbocycles. The number of rotatable bonds is 8. The van der Waals surface area contributed by atoms with Crippen molar-refractivity contribution in [2.45, 2.75) is 32.4 Å². The number of fused-ring (bicyclic) bond motifs is 1. The van der Waals surface area contributed by atoms with E-state index in [1.54, 1.807) is 21.3 Å². The quantitative estimate of drug-likeness (QED) is 0.228. The summed E-state index contributed by atoms with van der Waals surface area (Å²) in [5.41, 5.74) is 3.68. The van der Waals surface area contributed by atoms with Crippen LogP contribution < -0.4 is 20.1 Å². The molecule has 2 N–H and O–H groups in total. The van der Waals surface area contributed by atoms with Gasteiger partial charge < -0.3 is 25.0 Å². The summed E-state index contributed by atoms with van der Waals surface area (Å²) in [5.74, 6) is 2.32. The highest BCUT2D eigenvalue weighted by atomic mass is 127. The van der Waals surface area contributed by atoms with Crippen molar-refractivity contribution < 1.29 is 14.3 Å². The standard InChI is InChI=1S/C24H32N4O3.HI/c1-25-24(27-16-18-10-11-21(30-2)22(15-18)31-3)26-13-6-9-23(29)28-14-12-19-7-4-5-8-20(19)17-28;/h4-5,7-8,10-11,15H,6,9,12-14,16-17H2,1-3H3,(H2,25,26,27);1H. The van der Waals surface area contributed by atoms with Crippen LogP contribution >= 0.6 is 24.0 Å². The topological polar surface area (TPSA) is 75.2 Å². The number of halogens is 1. The molecule has 2 aromatic rings. The number of nitrogens with one attached hydrogen (secondary N) is 2. The van der Waals surface area contributed by atoms with Crippen LogP contribution in [0.5, 0.6) is 11.5 Å². The highest BCUT2D eigenvalue weighted by Gasteiger charge is 2.19. The maximum Gasteiger partial charge on any atom is 0.222 e. The van der Waals surface area contributed by atoms with Gasteiger partial charge in [0.25, 0.3) is 0 Å². The summed E-state index contributed by atoms with van der Waals surface area (Å²) in [5, 5.41) is 6.56. The molecule has 8 heteroatoms. The first-order valence-electron chi connectivity index (χ1n) is 10.6. The minimum absolute atomic E-state index is 0. The molecule has 1 aliphatic heterocycles. The average Bonchev–Trinajstić information content (AvgIpc) is 2.82. The maximum atomic E-state index is 12.6. The predicted molar refractivity (Wildman–Crippen MR) is 138 cm³/mol. The van der Waals surface area contributed by atoms with E-state index < -0.39 is 0 Å². The average molecular weight is 552 g/mol. The molecule has 174 valence electrons. The molecular formula is C24H33IN4O3. The summed E-state index contributed by atoms with van der Waals surface area (Å²) in [4.78, 5) is 18.8. The zero-order chi connectivity index (χ0) is 22.1. The van der Waals surface area contributed by atoms with Crippen LogP contribution in [0.2, 0.25) is 0 Å². The van der Waals surface area contributed by atoms with E-state index in [-0.39, 0.29) is 29.9 Å². The Balaban J connectivity index is 0.00000363. The molecule has 7 nitrogen and oxygen atoms in total. The summed E-state index contributed by atoms with van der Waals surface area (Å²) in [6, 6.07) is 14.2. The Morgan fingerprint density at radius 3 is 2.53 bits per heavy atom. The normalized spacial score (nSPS) is 13.0. The van der Waals surface area contributed by atoms with Gasteiger partial charge in [-0.1, -0.05) is 30.3 Å². The lowest BCUT2D eigenvalue weighted by Gasteiger charge is -2.29. The Morgan fingerprint density at radius 1 is 1.06 bits per heavy atom. The maximum absolute atomic E-state index is 12.6. The molecule has 32 heavy (non-hydrogen) atoms. The Bertz CT molecular complexity index is 920. The number of methoxy groups -OCH3 is 2. The highest BCUT2D eigenvalue weighted by molar-refractivity contribution is 14.0. The number of amides is 1. The zero-order valence-corrected chi connectivity index (χ0v) is 21.3. The van der Waals surface area contributed by atoms with Crippen LogP contribution in [0.15, 0.2) is 47.5 Å². The van der Waals surface area contributed by atoms with Crippen molar-refractivity contribution >= 4 is 35.8 Å². The molecular weight excluding hydrogens is 519 g/mol. The number of hydrogen-bond donors (Lipinski definition) is 2. The van der Waals surface area contributed by atoms with Crippen molar-refractivity contribution in [3.63, 3.8) is 0 Å². The minimum Gasteiger partial charge on any atom is -0.493 e. The summed E-state index contributed by atoms with van der Waals surface area (Å²) in [7, 11) is 4.98. The van der Waals surface area contributed by atoms with E-state index >= 15 is 0 Å². The molecule has 0 saturated carbocycles. The van der Waals surface area contributed by atoms with E-state index in [4.69, 9.17) is 9.47 Å². The monoisotopic (exact) mass is 552 g/mol. The van der Waals surface area contributed by atoms with Gasteiger partial charge in [0.15, 0.2) is 17.5 Å². The molecule has 0 aromatic heterocycles. The van der Waals surface area contributed by atoms with E-state index in [2.05, 4.69) is 33.8 Å². The minimum atomic E-state index is 0. The van der Waals surface area contributed by atoms with Gasteiger partial charge in [0.1, 0.15) is 0 Å². The molecule has 1 aliphatic rings. The van der Waals surface area contributed by atoms with Crippen LogP contribution in [0.4, 0.5) is 0 Å². The van der Waals surface area contributed by atoms with Gasteiger partial charge in [-0.15, -0.1) is 24.0 Å². The lowest BCUT2D eigenvalue weighted by Crippen LogP contribution is -2.38. The van der Waals surface area contributed by atoms with E-state index in [9.17, 15) is 4.79 Å². The van der Waals surface area contributed by atoms with E-state index in [1.807, 2.05) is 29.2 Å². The fourth-order valence-electron chi connectivity index (χ4n) is 3.71. The second-order valence-corrected chi connectivity index (χ2v) is 7.48. The number of carbonyl (C=O) groups excluding carboxylic acids is 1. The first kappa shape index (κ1) is 25.8. The van der Waals surface area contributed by atoms with Crippen molar-refractivity contribution in [1.82, 2.24) is 15.5 Å². The summed E-state index contributed by atoms with van der Waals surface area (Å²) in [6.45, 7) is 2.81. The van der Waals surface area contributed by atoms with Gasteiger partial charge in [0, 0.05) is 39.6 Å². The van der Waals surface area contributed by atoms with E-state index in [1.165, 1.54) is 11.1 Å². The molecule has 1 amide bonds. The van der Waals surface area contributed by atoms with Gasteiger partial charge in [0.05, 0.1) is 14.2 Å². The molecule has 0 saturated heterocycles. The summed E-state index contributed by atoms with van der Waals surface area (Å²) >= 11 is 0. The predicted octanol–water partition coefficient (Wildman–Crippen LogP) is 3.35. The molecule has 1 heterocycles. The Labute approximate surface area is 207 Å². The van der Waals surface area contributed by atoms with E-state index in [0.717, 1.165) is 31.5 Å². The van der Waals surface area contributed by atoms with Crippen molar-refractivity contribution in [3.05, 3.63) is 59.2 Å². The largest absolute Gasteiger partial charge is 0.493 e. The van der Waals surface area contributed by atoms with Crippen molar-refractivity contribution in [3.8, 4) is 11.5 Å². The third-order valence-corrected chi connectivity index (χ3v) is 5.47. The van der Waals surface area contributed by atoms with Gasteiger partial charge in [-0.25, -0.2) is 0 Å². The van der Waals surface area contributed by atoms with Crippen molar-refractivity contribution in [2.75, 3.05) is 34.4 Å². The molecule has 0 bridgehead atoms. The SMILES string of the molecule is CN=C(NCCCC(=O)N1CCc2ccccc2C1)NCc1ccc(OC)c(OC)c1.I. The summed E-state index contributed by atoms with van der Waals surface area (Å²) in [6.07, 6.45) is 2.22. The number of benzene rings is 2. The fourth-order valence-corrected chi connectivity index (χ4v) is 3.71. The fraction of sp³-hybridized carbons (Fsp3) is 0.417. The molecule has 0 aliphatic carbocycles. The van der Waals surface area contributed by atoms with Crippen LogP contribution in [0, 0.1) is 0 Å². The number of nitrogens with zero attached hydrogens (tertiary/aromatic N) is 2. The van der Waals surface area contributed by atoms with Crippen molar-refractivity contribution in [2.24, 2.45) is 4.99 Å². The van der Waals surface area contributed by atoms with Crippen LogP contribution in [-0.4, -0.2) is 51.1 Å². The third kappa shape index (κ3) is 7.01. The van der Waals surface area contributed by atoms with Gasteiger partial charge in [-0.3, -0.25) is 9.79 Å². The van der Waals surface area contributed by atoms with E-state index in [0.29, 0.717) is 37.0 Å². The summed E-state index contributed by atoms with van der Waals surface area (Å²) < 4.78 is 10.6. The second-order valence-electron chi connectivity index (χ2n) is 7.48. The van der Waals surface area contributed by atoms with Crippen LogP contribution in [0.1, 0.15) is 29.5 Å². The Hall–Kier alpha value is -2.49. The van der Waals surface area contributed by atoms with Crippen LogP contribution in [-0.2, 0) is 24.3 Å². The smallest absolute Gasteiger partial charge is 0.222 e. The van der Waals surface area contributed by atoms with Crippen LogP contribution in [0.25, 0.3) is 0 Å². The first-order valence-corrected chi connectivity index (χ1v) is 10.6. The number of aliphatic imine (C=N–C) groups is 1. The Kier molecular flexibility index (Phi) is 10.6. The van der Waals surface area contributed by atoms with Gasteiger partial charge in [-0.05, 0) is 41.7 Å². The number of hydrogen-bond acceptors (Lipinski definition) is 4. The van der Waals surface area contributed by atoms with Crippen molar-refractivity contribution in [1.29, 1.82) is 0 Å². The molecule has 0 radical (unpaired) electrons. The second kappa shape index (κ2) is 13.1. The molecule has 0 unspecified atom stereocenters.